The van der Waals surface area contributed by atoms with Gasteiger partial charge in [-0.15, -0.1) is 0 Å². The Labute approximate surface area is 170 Å². The first-order valence-electron chi connectivity index (χ1n) is 9.24. The molecule has 1 atom stereocenters. The third-order valence-corrected chi connectivity index (χ3v) is 6.16. The van der Waals surface area contributed by atoms with Crippen molar-refractivity contribution in [3.8, 4) is 0 Å². The molecular weight excluding hydrogens is 392 g/mol. The summed E-state index contributed by atoms with van der Waals surface area (Å²) in [6.07, 6.45) is 1.73. The highest BCUT2D eigenvalue weighted by molar-refractivity contribution is 7.92. The normalized spacial score (nSPS) is 14.2. The molecule has 0 aromatic heterocycles. The number of esters is 1. The van der Waals surface area contributed by atoms with Gasteiger partial charge in [0, 0.05) is 12.1 Å². The summed E-state index contributed by atoms with van der Waals surface area (Å²) in [5.74, 6) is -0.756. The number of fused-ring (bicyclic) bond motifs is 1. The molecule has 0 saturated heterocycles. The van der Waals surface area contributed by atoms with E-state index in [4.69, 9.17) is 4.74 Å². The number of aryl methyl sites for hydroxylation is 1. The SMILES string of the molecule is COC(=O)CC(NC(=O)c1ccc2c(c1)CCN2S(C)(=O)=O)c1ccc(C)cc1. The van der Waals surface area contributed by atoms with Crippen LogP contribution in [-0.2, 0) is 26.0 Å². The first-order valence-corrected chi connectivity index (χ1v) is 11.1. The molecule has 2 aromatic rings. The van der Waals surface area contributed by atoms with E-state index in [0.29, 0.717) is 24.2 Å². The number of sulfonamides is 1. The van der Waals surface area contributed by atoms with Crippen LogP contribution in [0.25, 0.3) is 0 Å². The fourth-order valence-corrected chi connectivity index (χ4v) is 4.36. The van der Waals surface area contributed by atoms with Crippen LogP contribution in [0.3, 0.4) is 0 Å². The van der Waals surface area contributed by atoms with Crippen LogP contribution in [0.1, 0.15) is 39.5 Å². The van der Waals surface area contributed by atoms with Crippen LogP contribution in [-0.4, -0.2) is 40.2 Å². The van der Waals surface area contributed by atoms with Crippen molar-refractivity contribution in [2.75, 3.05) is 24.2 Å². The molecule has 3 rings (SSSR count). The largest absolute Gasteiger partial charge is 0.469 e. The Morgan fingerprint density at radius 3 is 2.48 bits per heavy atom. The van der Waals surface area contributed by atoms with E-state index in [1.54, 1.807) is 18.2 Å². The second-order valence-corrected chi connectivity index (χ2v) is 9.05. The number of ether oxygens (including phenoxy) is 1. The number of nitrogens with one attached hydrogen (secondary N) is 1. The number of rotatable bonds is 6. The third kappa shape index (κ3) is 4.76. The second kappa shape index (κ2) is 8.24. The Balaban J connectivity index is 1.83. The molecule has 1 amide bonds. The van der Waals surface area contributed by atoms with Crippen molar-refractivity contribution < 1.29 is 22.7 Å². The van der Waals surface area contributed by atoms with Crippen LogP contribution in [0.5, 0.6) is 0 Å². The van der Waals surface area contributed by atoms with Gasteiger partial charge in [-0.25, -0.2) is 8.42 Å². The van der Waals surface area contributed by atoms with Crippen LogP contribution in [0, 0.1) is 6.92 Å². The molecule has 0 saturated carbocycles. The van der Waals surface area contributed by atoms with Gasteiger partial charge in [-0.05, 0) is 42.7 Å². The van der Waals surface area contributed by atoms with Gasteiger partial charge in [0.25, 0.3) is 5.91 Å². The van der Waals surface area contributed by atoms with Crippen molar-refractivity contribution in [1.29, 1.82) is 0 Å². The van der Waals surface area contributed by atoms with E-state index in [2.05, 4.69) is 5.32 Å². The molecule has 154 valence electrons. The van der Waals surface area contributed by atoms with Crippen molar-refractivity contribution in [3.63, 3.8) is 0 Å². The van der Waals surface area contributed by atoms with E-state index in [1.807, 2.05) is 31.2 Å². The third-order valence-electron chi connectivity index (χ3n) is 4.98. The molecule has 1 unspecified atom stereocenters. The van der Waals surface area contributed by atoms with Gasteiger partial charge < -0.3 is 10.1 Å². The number of benzene rings is 2. The van der Waals surface area contributed by atoms with E-state index >= 15 is 0 Å². The molecule has 0 fully saturated rings. The van der Waals surface area contributed by atoms with Crippen molar-refractivity contribution in [2.45, 2.75) is 25.8 Å². The number of methoxy groups -OCH3 is 1. The van der Waals surface area contributed by atoms with Crippen LogP contribution in [0.15, 0.2) is 42.5 Å². The number of hydrogen-bond donors (Lipinski definition) is 1. The Bertz CT molecular complexity index is 1030. The average Bonchev–Trinajstić information content (AvgIpc) is 3.11. The minimum absolute atomic E-state index is 0.0120. The molecule has 1 aliphatic rings. The van der Waals surface area contributed by atoms with E-state index < -0.39 is 22.0 Å². The first-order chi connectivity index (χ1) is 13.7. The monoisotopic (exact) mass is 416 g/mol. The zero-order valence-corrected chi connectivity index (χ0v) is 17.5. The smallest absolute Gasteiger partial charge is 0.307 e. The molecule has 7 nitrogen and oxygen atoms in total. The summed E-state index contributed by atoms with van der Waals surface area (Å²) in [4.78, 5) is 24.7. The summed E-state index contributed by atoms with van der Waals surface area (Å²) in [6, 6.07) is 12.0. The standard InChI is InChI=1S/C21H24N2O5S/c1-14-4-6-15(7-5-14)18(13-20(24)28-2)22-21(25)17-8-9-19-16(12-17)10-11-23(19)29(3,26)27/h4-9,12,18H,10-11,13H2,1-3H3,(H,22,25). The second-order valence-electron chi connectivity index (χ2n) is 7.15. The van der Waals surface area contributed by atoms with Gasteiger partial charge >= 0.3 is 5.97 Å². The summed E-state index contributed by atoms with van der Waals surface area (Å²) in [5, 5.41) is 2.90. The van der Waals surface area contributed by atoms with Crippen molar-refractivity contribution in [2.24, 2.45) is 0 Å². The molecule has 1 heterocycles. The summed E-state index contributed by atoms with van der Waals surface area (Å²) in [6.45, 7) is 2.33. The number of amides is 1. The maximum absolute atomic E-state index is 12.8. The average molecular weight is 416 g/mol. The summed E-state index contributed by atoms with van der Waals surface area (Å²) in [7, 11) is -2.03. The number of anilines is 1. The maximum atomic E-state index is 12.8. The topological polar surface area (TPSA) is 92.8 Å². The number of nitrogens with zero attached hydrogens (tertiary/aromatic N) is 1. The zero-order chi connectivity index (χ0) is 21.2. The molecule has 0 aliphatic carbocycles. The zero-order valence-electron chi connectivity index (χ0n) is 16.6. The molecule has 0 radical (unpaired) electrons. The van der Waals surface area contributed by atoms with Crippen molar-refractivity contribution in [3.05, 3.63) is 64.7 Å². The number of carbonyl (C=O) groups is 2. The van der Waals surface area contributed by atoms with Gasteiger partial charge in [0.15, 0.2) is 0 Å². The predicted octanol–water partition coefficient (Wildman–Crippen LogP) is 2.35. The van der Waals surface area contributed by atoms with Gasteiger partial charge in [-0.3, -0.25) is 13.9 Å². The van der Waals surface area contributed by atoms with E-state index in [1.165, 1.54) is 17.7 Å². The van der Waals surface area contributed by atoms with Crippen molar-refractivity contribution in [1.82, 2.24) is 5.32 Å². The van der Waals surface area contributed by atoms with Gasteiger partial charge in [0.2, 0.25) is 10.0 Å². The quantitative estimate of drug-likeness (QED) is 0.730. The minimum Gasteiger partial charge on any atom is -0.469 e. The molecule has 0 bridgehead atoms. The highest BCUT2D eigenvalue weighted by Gasteiger charge is 2.27. The molecule has 1 N–H and O–H groups in total. The molecule has 8 heteroatoms. The van der Waals surface area contributed by atoms with Crippen LogP contribution in [0.2, 0.25) is 0 Å². The highest BCUT2D eigenvalue weighted by atomic mass is 32.2. The van der Waals surface area contributed by atoms with Gasteiger partial charge in [0.1, 0.15) is 0 Å². The summed E-state index contributed by atoms with van der Waals surface area (Å²) >= 11 is 0. The Hall–Kier alpha value is -2.87. The minimum atomic E-state index is -3.34. The van der Waals surface area contributed by atoms with Crippen LogP contribution < -0.4 is 9.62 Å². The highest BCUT2D eigenvalue weighted by Crippen LogP contribution is 2.31. The van der Waals surface area contributed by atoms with Gasteiger partial charge in [-0.2, -0.15) is 0 Å². The molecule has 1 aliphatic heterocycles. The van der Waals surface area contributed by atoms with Crippen LogP contribution in [0.4, 0.5) is 5.69 Å². The maximum Gasteiger partial charge on any atom is 0.307 e. The lowest BCUT2D eigenvalue weighted by molar-refractivity contribution is -0.141. The van der Waals surface area contributed by atoms with Crippen LogP contribution >= 0.6 is 0 Å². The molecule has 0 spiro atoms. The number of carbonyl (C=O) groups excluding carboxylic acids is 2. The lowest BCUT2D eigenvalue weighted by atomic mass is 10.0. The molecule has 2 aromatic carbocycles. The molecule has 29 heavy (non-hydrogen) atoms. The molecular formula is C21H24N2O5S. The predicted molar refractivity (Wildman–Crippen MR) is 110 cm³/mol. The first kappa shape index (κ1) is 20.9. The fraction of sp³-hybridized carbons (Fsp3) is 0.333. The Morgan fingerprint density at radius 1 is 1.17 bits per heavy atom. The van der Waals surface area contributed by atoms with E-state index in [-0.39, 0.29) is 12.3 Å². The Kier molecular flexibility index (Phi) is 5.93. The van der Waals surface area contributed by atoms with Gasteiger partial charge in [-0.1, -0.05) is 29.8 Å². The lowest BCUT2D eigenvalue weighted by Gasteiger charge is -2.19. The fourth-order valence-electron chi connectivity index (χ4n) is 3.40. The lowest BCUT2D eigenvalue weighted by Crippen LogP contribution is -2.30. The summed E-state index contributed by atoms with van der Waals surface area (Å²) < 4.78 is 29.9. The van der Waals surface area contributed by atoms with E-state index in [9.17, 15) is 18.0 Å². The Morgan fingerprint density at radius 2 is 1.86 bits per heavy atom. The van der Waals surface area contributed by atoms with Crippen molar-refractivity contribution >= 4 is 27.6 Å². The summed E-state index contributed by atoms with van der Waals surface area (Å²) in [5.41, 5.74) is 3.71. The van der Waals surface area contributed by atoms with Gasteiger partial charge in [0.05, 0.1) is 31.5 Å². The van der Waals surface area contributed by atoms with E-state index in [0.717, 1.165) is 16.7 Å². The number of hydrogen-bond acceptors (Lipinski definition) is 5.